The quantitative estimate of drug-likeness (QED) is 0.348. The van der Waals surface area contributed by atoms with Gasteiger partial charge in [0, 0.05) is 0 Å². The highest BCUT2D eigenvalue weighted by Crippen LogP contribution is 2.22. The van der Waals surface area contributed by atoms with Gasteiger partial charge in [0.1, 0.15) is 24.8 Å². The van der Waals surface area contributed by atoms with Crippen LogP contribution in [0.5, 0.6) is 0 Å². The van der Waals surface area contributed by atoms with E-state index < -0.39 is 4.92 Å². The molecule has 0 aliphatic heterocycles. The van der Waals surface area contributed by atoms with Crippen molar-refractivity contribution in [1.82, 2.24) is 39.1 Å². The number of nitrogens with zero attached hydrogens (tertiary/aromatic N) is 9. The molecule has 5 aromatic rings. The normalized spacial score (nSPS) is 12.6. The fourth-order valence-corrected chi connectivity index (χ4v) is 3.02. The Balaban J connectivity index is 1.60. The molecular formula is C17H13N9O2. The maximum absolute atomic E-state index is 10.9. The molecule has 4 heterocycles. The number of nitro groups is 1. The van der Waals surface area contributed by atoms with Crippen molar-refractivity contribution in [1.29, 1.82) is 0 Å². The van der Waals surface area contributed by atoms with E-state index in [4.69, 9.17) is 0 Å². The topological polar surface area (TPSA) is 122 Å². The van der Waals surface area contributed by atoms with Crippen LogP contribution in [0.3, 0.4) is 0 Å². The molecule has 4 aromatic heterocycles. The van der Waals surface area contributed by atoms with E-state index in [0.717, 1.165) is 11.1 Å². The van der Waals surface area contributed by atoms with Crippen LogP contribution in [0.25, 0.3) is 22.4 Å². The minimum atomic E-state index is -0.487. The predicted octanol–water partition coefficient (Wildman–Crippen LogP) is 2.18. The third-order valence-electron chi connectivity index (χ3n) is 4.49. The van der Waals surface area contributed by atoms with Gasteiger partial charge in [-0.15, -0.1) is 5.10 Å². The number of para-hydroxylation sites is 1. The summed E-state index contributed by atoms with van der Waals surface area (Å²) >= 11 is 0. The fraction of sp³-hybridized carbons (Fsp3) is 0.118. The van der Waals surface area contributed by atoms with Crippen molar-refractivity contribution in [2.24, 2.45) is 0 Å². The second-order valence-electron chi connectivity index (χ2n) is 6.22. The molecule has 0 N–H and O–H groups in total. The molecule has 0 spiro atoms. The van der Waals surface area contributed by atoms with Crippen molar-refractivity contribution < 1.29 is 4.92 Å². The van der Waals surface area contributed by atoms with Gasteiger partial charge in [0.05, 0.1) is 22.2 Å². The Bertz CT molecular complexity index is 1320. The largest absolute Gasteiger partial charge is 0.307 e. The third-order valence-corrected chi connectivity index (χ3v) is 4.49. The molecule has 11 nitrogen and oxygen atoms in total. The molecule has 0 bridgehead atoms. The van der Waals surface area contributed by atoms with Crippen LogP contribution in [0.4, 0.5) is 5.69 Å². The van der Waals surface area contributed by atoms with Crippen LogP contribution in [0.1, 0.15) is 18.8 Å². The van der Waals surface area contributed by atoms with E-state index in [1.165, 1.54) is 17.1 Å². The monoisotopic (exact) mass is 375 g/mol. The van der Waals surface area contributed by atoms with Crippen LogP contribution in [0.2, 0.25) is 0 Å². The first-order chi connectivity index (χ1) is 13.6. The molecule has 0 amide bonds. The molecule has 0 saturated carbocycles. The maximum Gasteiger partial charge on any atom is 0.307 e. The molecule has 0 fully saturated rings. The molecule has 0 saturated heterocycles. The second-order valence-corrected chi connectivity index (χ2v) is 6.22. The number of aromatic nitrogens is 8. The molecular weight excluding hydrogens is 362 g/mol. The third kappa shape index (κ3) is 2.40. The average molecular weight is 375 g/mol. The Morgan fingerprint density at radius 1 is 1.11 bits per heavy atom. The summed E-state index contributed by atoms with van der Waals surface area (Å²) in [4.78, 5) is 19.5. The Kier molecular flexibility index (Phi) is 3.41. The van der Waals surface area contributed by atoms with Crippen LogP contribution < -0.4 is 0 Å². The van der Waals surface area contributed by atoms with Gasteiger partial charge in [-0.3, -0.25) is 14.8 Å². The molecule has 1 aromatic carbocycles. The highest BCUT2D eigenvalue weighted by molar-refractivity contribution is 5.89. The Hall–Kier alpha value is -4.15. The summed E-state index contributed by atoms with van der Waals surface area (Å²) < 4.78 is 4.78. The molecule has 1 unspecified atom stereocenters. The van der Waals surface area contributed by atoms with E-state index in [2.05, 4.69) is 25.3 Å². The van der Waals surface area contributed by atoms with E-state index in [1.807, 2.05) is 37.3 Å². The van der Waals surface area contributed by atoms with Gasteiger partial charge in [-0.2, -0.15) is 10.2 Å². The minimum Gasteiger partial charge on any atom is -0.258 e. The van der Waals surface area contributed by atoms with E-state index in [-0.39, 0.29) is 11.7 Å². The first-order valence-corrected chi connectivity index (χ1v) is 8.45. The van der Waals surface area contributed by atoms with Gasteiger partial charge in [-0.25, -0.2) is 19.2 Å². The van der Waals surface area contributed by atoms with Crippen molar-refractivity contribution in [3.63, 3.8) is 0 Å². The Labute approximate surface area is 157 Å². The van der Waals surface area contributed by atoms with Gasteiger partial charge in [0.15, 0.2) is 17.1 Å². The predicted molar refractivity (Wildman–Crippen MR) is 98.1 cm³/mol. The molecule has 0 radical (unpaired) electrons. The van der Waals surface area contributed by atoms with Crippen molar-refractivity contribution in [2.75, 3.05) is 0 Å². The van der Waals surface area contributed by atoms with E-state index >= 15 is 0 Å². The van der Waals surface area contributed by atoms with Gasteiger partial charge in [-0.05, 0) is 19.1 Å². The van der Waals surface area contributed by atoms with E-state index in [1.54, 1.807) is 21.7 Å². The lowest BCUT2D eigenvalue weighted by molar-refractivity contribution is -0.385. The van der Waals surface area contributed by atoms with Gasteiger partial charge in [-0.1, -0.05) is 18.2 Å². The molecule has 11 heteroatoms. The lowest BCUT2D eigenvalue weighted by Crippen LogP contribution is -2.09. The Morgan fingerprint density at radius 3 is 2.68 bits per heavy atom. The zero-order chi connectivity index (χ0) is 19.3. The van der Waals surface area contributed by atoms with Crippen LogP contribution in [-0.2, 0) is 0 Å². The van der Waals surface area contributed by atoms with E-state index in [9.17, 15) is 10.1 Å². The lowest BCUT2D eigenvalue weighted by Gasteiger charge is -2.05. The van der Waals surface area contributed by atoms with Gasteiger partial charge >= 0.3 is 5.69 Å². The molecule has 0 aliphatic rings. The van der Waals surface area contributed by atoms with Crippen LogP contribution in [0, 0.1) is 10.1 Å². The van der Waals surface area contributed by atoms with Gasteiger partial charge in [0.2, 0.25) is 0 Å². The lowest BCUT2D eigenvalue weighted by atomic mass is 10.3. The molecule has 1 atom stereocenters. The SMILES string of the molecule is CC(c1nc2c3cnn(-c4ccccc4)c3ncn2n1)n1cc([N+](=O)[O-])cn1. The van der Waals surface area contributed by atoms with Crippen molar-refractivity contribution in [3.8, 4) is 5.69 Å². The van der Waals surface area contributed by atoms with Crippen molar-refractivity contribution in [2.45, 2.75) is 13.0 Å². The van der Waals surface area contributed by atoms with Crippen molar-refractivity contribution in [3.05, 3.63) is 71.2 Å². The summed E-state index contributed by atoms with van der Waals surface area (Å²) in [6, 6.07) is 9.31. The summed E-state index contributed by atoms with van der Waals surface area (Å²) in [6.07, 6.45) is 5.84. The van der Waals surface area contributed by atoms with Crippen LogP contribution in [-0.4, -0.2) is 44.1 Å². The smallest absolute Gasteiger partial charge is 0.258 e. The number of fused-ring (bicyclic) bond motifs is 3. The fourth-order valence-electron chi connectivity index (χ4n) is 3.02. The highest BCUT2D eigenvalue weighted by atomic mass is 16.6. The first-order valence-electron chi connectivity index (χ1n) is 8.45. The number of benzene rings is 1. The first kappa shape index (κ1) is 16.1. The zero-order valence-electron chi connectivity index (χ0n) is 14.6. The number of rotatable bonds is 4. The zero-order valence-corrected chi connectivity index (χ0v) is 14.6. The average Bonchev–Trinajstić information content (AvgIpc) is 3.44. The number of hydrogen-bond donors (Lipinski definition) is 0. The maximum atomic E-state index is 10.9. The standard InChI is InChI=1S/C17H13N9O2/c1-11(23-9-13(7-19-23)26(27)28)15-21-17-14-8-20-25(12-5-3-2-4-6-12)16(14)18-10-24(17)22-15/h2-11H,1H3. The summed E-state index contributed by atoms with van der Waals surface area (Å²) in [7, 11) is 0. The summed E-state index contributed by atoms with van der Waals surface area (Å²) in [6.45, 7) is 1.82. The molecule has 138 valence electrons. The van der Waals surface area contributed by atoms with Gasteiger partial charge in [0.25, 0.3) is 0 Å². The van der Waals surface area contributed by atoms with Crippen LogP contribution >= 0.6 is 0 Å². The molecule has 28 heavy (non-hydrogen) atoms. The highest BCUT2D eigenvalue weighted by Gasteiger charge is 2.20. The summed E-state index contributed by atoms with van der Waals surface area (Å²) in [5, 5.41) is 24.6. The molecule has 0 aliphatic carbocycles. The Morgan fingerprint density at radius 2 is 1.93 bits per heavy atom. The summed E-state index contributed by atoms with van der Waals surface area (Å²) in [5.74, 6) is 0.472. The van der Waals surface area contributed by atoms with E-state index in [0.29, 0.717) is 17.1 Å². The van der Waals surface area contributed by atoms with Crippen molar-refractivity contribution >= 4 is 22.4 Å². The summed E-state index contributed by atoms with van der Waals surface area (Å²) in [5.41, 5.74) is 2.09. The number of hydrogen-bond acceptors (Lipinski definition) is 7. The second kappa shape index (κ2) is 5.94. The molecule has 5 rings (SSSR count). The van der Waals surface area contributed by atoms with Crippen LogP contribution in [0.15, 0.2) is 55.2 Å². The van der Waals surface area contributed by atoms with Gasteiger partial charge < -0.3 is 0 Å². The minimum absolute atomic E-state index is 0.0798.